The number of anilines is 1. The van der Waals surface area contributed by atoms with Gasteiger partial charge in [0.1, 0.15) is 6.07 Å². The van der Waals surface area contributed by atoms with Gasteiger partial charge in [0.15, 0.2) is 0 Å². The Morgan fingerprint density at radius 3 is 2.94 bits per heavy atom. The second kappa shape index (κ2) is 5.01. The molecule has 0 aliphatic carbocycles. The third kappa shape index (κ3) is 2.19. The summed E-state index contributed by atoms with van der Waals surface area (Å²) in [4.78, 5) is 4.24. The van der Waals surface area contributed by atoms with Crippen molar-refractivity contribution in [2.45, 2.75) is 6.92 Å². The molecular weight excluding hydrogens is 210 g/mol. The predicted octanol–water partition coefficient (Wildman–Crippen LogP) is 2.54. The first-order valence-corrected chi connectivity index (χ1v) is 5.28. The molecule has 0 radical (unpaired) electrons. The van der Waals surface area contributed by atoms with Gasteiger partial charge in [-0.15, -0.1) is 5.92 Å². The van der Waals surface area contributed by atoms with Gasteiger partial charge in [-0.25, -0.2) is 0 Å². The lowest BCUT2D eigenvalue weighted by molar-refractivity contribution is 1.32. The lowest BCUT2D eigenvalue weighted by atomic mass is 10.1. The molecular formula is C14H11N3. The van der Waals surface area contributed by atoms with E-state index in [1.165, 1.54) is 0 Å². The van der Waals surface area contributed by atoms with Gasteiger partial charge in [-0.2, -0.15) is 5.26 Å². The molecule has 0 bridgehead atoms. The number of fused-ring (bicyclic) bond motifs is 1. The quantitative estimate of drug-likeness (QED) is 0.793. The second-order valence-electron chi connectivity index (χ2n) is 3.46. The SMILES string of the molecule is CC#CCNc1c(C#N)cnc2ccccc12. The van der Waals surface area contributed by atoms with Crippen molar-refractivity contribution in [1.29, 1.82) is 5.26 Å². The van der Waals surface area contributed by atoms with Crippen molar-refractivity contribution in [1.82, 2.24) is 4.98 Å². The van der Waals surface area contributed by atoms with Crippen LogP contribution < -0.4 is 5.32 Å². The Labute approximate surface area is 100 Å². The lowest BCUT2D eigenvalue weighted by Crippen LogP contribution is -2.02. The van der Waals surface area contributed by atoms with E-state index < -0.39 is 0 Å². The first-order valence-electron chi connectivity index (χ1n) is 5.28. The molecule has 0 spiro atoms. The van der Waals surface area contributed by atoms with Gasteiger partial charge in [0.25, 0.3) is 0 Å². The molecule has 0 aliphatic heterocycles. The van der Waals surface area contributed by atoms with Gasteiger partial charge in [-0.05, 0) is 13.0 Å². The Kier molecular flexibility index (Phi) is 3.23. The van der Waals surface area contributed by atoms with Gasteiger partial charge < -0.3 is 5.32 Å². The number of para-hydroxylation sites is 1. The largest absolute Gasteiger partial charge is 0.372 e. The van der Waals surface area contributed by atoms with Crippen LogP contribution in [-0.2, 0) is 0 Å². The van der Waals surface area contributed by atoms with Gasteiger partial charge in [-0.1, -0.05) is 24.1 Å². The number of hydrogen-bond donors (Lipinski definition) is 1. The van der Waals surface area contributed by atoms with Gasteiger partial charge in [-0.3, -0.25) is 4.98 Å². The minimum atomic E-state index is 0.527. The van der Waals surface area contributed by atoms with Crippen LogP contribution in [0.15, 0.2) is 30.5 Å². The number of nitrogens with one attached hydrogen (secondary N) is 1. The molecule has 0 atom stereocenters. The van der Waals surface area contributed by atoms with Crippen molar-refractivity contribution in [3.63, 3.8) is 0 Å². The van der Waals surface area contributed by atoms with Crippen molar-refractivity contribution in [2.24, 2.45) is 0 Å². The molecule has 82 valence electrons. The van der Waals surface area contributed by atoms with Crippen molar-refractivity contribution in [3.05, 3.63) is 36.0 Å². The van der Waals surface area contributed by atoms with E-state index in [1.54, 1.807) is 13.1 Å². The van der Waals surface area contributed by atoms with Crippen molar-refractivity contribution >= 4 is 16.6 Å². The average Bonchev–Trinajstić information content (AvgIpc) is 2.39. The summed E-state index contributed by atoms with van der Waals surface area (Å²) in [5.74, 6) is 5.73. The van der Waals surface area contributed by atoms with Crippen molar-refractivity contribution < 1.29 is 0 Å². The number of pyridine rings is 1. The van der Waals surface area contributed by atoms with E-state index in [0.717, 1.165) is 16.6 Å². The van der Waals surface area contributed by atoms with Gasteiger partial charge in [0, 0.05) is 11.6 Å². The molecule has 17 heavy (non-hydrogen) atoms. The number of aromatic nitrogens is 1. The smallest absolute Gasteiger partial charge is 0.103 e. The fraction of sp³-hybridized carbons (Fsp3) is 0.143. The van der Waals surface area contributed by atoms with E-state index in [1.807, 2.05) is 24.3 Å². The van der Waals surface area contributed by atoms with Crippen LogP contribution >= 0.6 is 0 Å². The Hall–Kier alpha value is -2.52. The molecule has 0 fully saturated rings. The molecule has 1 N–H and O–H groups in total. The van der Waals surface area contributed by atoms with Crippen LogP contribution in [0.1, 0.15) is 12.5 Å². The molecule has 0 unspecified atom stereocenters. The third-order valence-electron chi connectivity index (χ3n) is 2.43. The maximum absolute atomic E-state index is 9.07. The van der Waals surface area contributed by atoms with E-state index >= 15 is 0 Å². The monoisotopic (exact) mass is 221 g/mol. The average molecular weight is 221 g/mol. The maximum atomic E-state index is 9.07. The van der Waals surface area contributed by atoms with Crippen LogP contribution in [0.25, 0.3) is 10.9 Å². The molecule has 2 aromatic rings. The Morgan fingerprint density at radius 1 is 1.35 bits per heavy atom. The summed E-state index contributed by atoms with van der Waals surface area (Å²) in [6, 6.07) is 9.87. The molecule has 1 aromatic heterocycles. The zero-order valence-corrected chi connectivity index (χ0v) is 9.49. The predicted molar refractivity (Wildman–Crippen MR) is 68.4 cm³/mol. The molecule has 0 amide bonds. The van der Waals surface area contributed by atoms with Crippen LogP contribution in [-0.4, -0.2) is 11.5 Å². The highest BCUT2D eigenvalue weighted by atomic mass is 14.9. The number of nitriles is 1. The van der Waals surface area contributed by atoms with Crippen molar-refractivity contribution in [3.8, 4) is 17.9 Å². The van der Waals surface area contributed by atoms with E-state index in [4.69, 9.17) is 5.26 Å². The highest BCUT2D eigenvalue weighted by molar-refractivity contribution is 5.93. The summed E-state index contributed by atoms with van der Waals surface area (Å²) in [5, 5.41) is 13.2. The summed E-state index contributed by atoms with van der Waals surface area (Å²) in [6.45, 7) is 2.32. The van der Waals surface area contributed by atoms with Crippen LogP contribution in [0.5, 0.6) is 0 Å². The van der Waals surface area contributed by atoms with Crippen LogP contribution in [0.4, 0.5) is 5.69 Å². The Morgan fingerprint density at radius 2 is 2.18 bits per heavy atom. The number of nitrogens with zero attached hydrogens (tertiary/aromatic N) is 2. The van der Waals surface area contributed by atoms with E-state index in [2.05, 4.69) is 28.2 Å². The summed E-state index contributed by atoms with van der Waals surface area (Å²) in [5.41, 5.74) is 2.22. The molecule has 0 saturated carbocycles. The maximum Gasteiger partial charge on any atom is 0.103 e. The molecule has 3 nitrogen and oxygen atoms in total. The molecule has 0 aliphatic rings. The normalized spacial score (nSPS) is 9.18. The van der Waals surface area contributed by atoms with Gasteiger partial charge >= 0.3 is 0 Å². The minimum absolute atomic E-state index is 0.527. The first kappa shape index (κ1) is 11.0. The standard InChI is InChI=1S/C14H11N3/c1-2-3-8-16-14-11(9-15)10-17-13-7-5-4-6-12(13)14/h4-7,10H,8H2,1H3,(H,16,17). The van der Waals surface area contributed by atoms with Gasteiger partial charge in [0.05, 0.1) is 23.3 Å². The molecule has 3 heteroatoms. The highest BCUT2D eigenvalue weighted by Gasteiger charge is 2.06. The van der Waals surface area contributed by atoms with E-state index in [-0.39, 0.29) is 0 Å². The number of rotatable bonds is 2. The summed E-state index contributed by atoms with van der Waals surface area (Å²) < 4.78 is 0. The minimum Gasteiger partial charge on any atom is -0.372 e. The van der Waals surface area contributed by atoms with Crippen LogP contribution in [0.2, 0.25) is 0 Å². The summed E-state index contributed by atoms with van der Waals surface area (Å²) >= 11 is 0. The first-order chi connectivity index (χ1) is 8.36. The van der Waals surface area contributed by atoms with E-state index in [9.17, 15) is 0 Å². The molecule has 1 aromatic carbocycles. The Balaban J connectivity index is 2.54. The summed E-state index contributed by atoms with van der Waals surface area (Å²) in [7, 11) is 0. The third-order valence-corrected chi connectivity index (χ3v) is 2.43. The van der Waals surface area contributed by atoms with Gasteiger partial charge in [0.2, 0.25) is 0 Å². The van der Waals surface area contributed by atoms with Crippen LogP contribution in [0.3, 0.4) is 0 Å². The highest BCUT2D eigenvalue weighted by Crippen LogP contribution is 2.24. The molecule has 0 saturated heterocycles. The molecule has 2 rings (SSSR count). The molecule has 1 heterocycles. The fourth-order valence-corrected chi connectivity index (χ4v) is 1.64. The van der Waals surface area contributed by atoms with E-state index in [0.29, 0.717) is 12.1 Å². The topological polar surface area (TPSA) is 48.7 Å². The van der Waals surface area contributed by atoms with Crippen LogP contribution in [0, 0.1) is 23.2 Å². The fourth-order valence-electron chi connectivity index (χ4n) is 1.64. The number of benzene rings is 1. The second-order valence-corrected chi connectivity index (χ2v) is 3.46. The number of hydrogen-bond acceptors (Lipinski definition) is 3. The zero-order valence-electron chi connectivity index (χ0n) is 9.49. The van der Waals surface area contributed by atoms with Crippen molar-refractivity contribution in [2.75, 3.05) is 11.9 Å². The zero-order chi connectivity index (χ0) is 12.1. The summed E-state index contributed by atoms with van der Waals surface area (Å²) in [6.07, 6.45) is 1.59. The Bertz CT molecular complexity index is 642. The lowest BCUT2D eigenvalue weighted by Gasteiger charge is -2.08.